The van der Waals surface area contributed by atoms with Gasteiger partial charge in [0, 0.05) is 19.4 Å². The fraction of sp³-hybridized carbons (Fsp3) is 0.800. The molecule has 1 aliphatic carbocycles. The van der Waals surface area contributed by atoms with Gasteiger partial charge >= 0.3 is 0 Å². The van der Waals surface area contributed by atoms with Gasteiger partial charge in [0.25, 0.3) is 0 Å². The lowest BCUT2D eigenvalue weighted by atomic mass is 9.90. The van der Waals surface area contributed by atoms with E-state index in [-0.39, 0.29) is 11.4 Å². The molecule has 0 spiro atoms. The van der Waals surface area contributed by atoms with E-state index in [0.29, 0.717) is 12.5 Å². The lowest BCUT2D eigenvalue weighted by Gasteiger charge is -2.28. The number of nitrogens with one attached hydrogen (secondary N) is 1. The molecule has 1 aliphatic heterocycles. The minimum absolute atomic E-state index is 0.0247. The van der Waals surface area contributed by atoms with Crippen molar-refractivity contribution in [1.29, 1.82) is 5.26 Å². The van der Waals surface area contributed by atoms with Gasteiger partial charge in [0.15, 0.2) is 6.19 Å². The smallest absolute Gasteiger partial charge is 0.217 e. The average molecular weight is 193 g/mol. The molecule has 14 heavy (non-hydrogen) atoms. The first-order chi connectivity index (χ1) is 6.66. The number of carbonyl (C=O) groups is 1. The zero-order valence-electron chi connectivity index (χ0n) is 8.42. The number of carbonyl (C=O) groups excluding carboxylic acids is 1. The Morgan fingerprint density at radius 2 is 2.50 bits per heavy atom. The standard InChI is InChI=1S/C10H15N3O/c1-8(14)12-10-4-2-3-9(10)5-13(6-10)7-11/h9H,2-6H2,1H3,(H,12,14)/t9-,10-/m0/s1. The molecule has 0 unspecified atom stereocenters. The van der Waals surface area contributed by atoms with Crippen molar-refractivity contribution in [3.05, 3.63) is 0 Å². The van der Waals surface area contributed by atoms with E-state index in [0.717, 1.165) is 19.4 Å². The quantitative estimate of drug-likeness (QED) is 0.615. The predicted octanol–water partition coefficient (Wildman–Crippen LogP) is 0.458. The van der Waals surface area contributed by atoms with Crippen LogP contribution in [0.1, 0.15) is 26.2 Å². The normalized spacial score (nSPS) is 35.1. The van der Waals surface area contributed by atoms with E-state index in [9.17, 15) is 4.79 Å². The van der Waals surface area contributed by atoms with Gasteiger partial charge in [0.2, 0.25) is 5.91 Å². The number of likely N-dealkylation sites (tertiary alicyclic amines) is 1. The first-order valence-electron chi connectivity index (χ1n) is 5.10. The van der Waals surface area contributed by atoms with Crippen molar-refractivity contribution in [1.82, 2.24) is 10.2 Å². The van der Waals surface area contributed by atoms with Crippen LogP contribution in [0, 0.1) is 17.4 Å². The summed E-state index contributed by atoms with van der Waals surface area (Å²) in [5.41, 5.74) is -0.0957. The zero-order valence-corrected chi connectivity index (χ0v) is 8.42. The zero-order chi connectivity index (χ0) is 10.2. The first kappa shape index (κ1) is 9.32. The second-order valence-electron chi connectivity index (χ2n) is 4.41. The Hall–Kier alpha value is -1.24. The van der Waals surface area contributed by atoms with Crippen LogP contribution in [0.25, 0.3) is 0 Å². The SMILES string of the molecule is CC(=O)N[C@]12CCC[C@H]1CN(C#N)C2. The molecular formula is C10H15N3O. The van der Waals surface area contributed by atoms with E-state index >= 15 is 0 Å². The molecule has 2 aliphatic rings. The Labute approximate surface area is 83.9 Å². The van der Waals surface area contributed by atoms with Crippen LogP contribution >= 0.6 is 0 Å². The Morgan fingerprint density at radius 1 is 1.71 bits per heavy atom. The topological polar surface area (TPSA) is 56.1 Å². The van der Waals surface area contributed by atoms with Gasteiger partial charge in [-0.1, -0.05) is 6.42 Å². The Morgan fingerprint density at radius 3 is 3.14 bits per heavy atom. The molecule has 0 aromatic carbocycles. The summed E-state index contributed by atoms with van der Waals surface area (Å²) in [7, 11) is 0. The monoisotopic (exact) mass is 193 g/mol. The molecule has 0 aromatic heterocycles. The van der Waals surface area contributed by atoms with Crippen LogP contribution in [0.5, 0.6) is 0 Å². The van der Waals surface area contributed by atoms with E-state index in [1.165, 1.54) is 6.42 Å². The molecule has 2 atom stereocenters. The molecule has 0 bridgehead atoms. The maximum absolute atomic E-state index is 11.1. The van der Waals surface area contributed by atoms with Gasteiger partial charge in [0.05, 0.1) is 12.1 Å². The van der Waals surface area contributed by atoms with Crippen LogP contribution in [-0.4, -0.2) is 29.4 Å². The van der Waals surface area contributed by atoms with E-state index < -0.39 is 0 Å². The molecule has 4 nitrogen and oxygen atoms in total. The Kier molecular flexibility index (Phi) is 2.10. The summed E-state index contributed by atoms with van der Waals surface area (Å²) in [5.74, 6) is 0.503. The number of rotatable bonds is 1. The highest BCUT2D eigenvalue weighted by atomic mass is 16.1. The van der Waals surface area contributed by atoms with E-state index in [2.05, 4.69) is 11.5 Å². The molecule has 1 saturated heterocycles. The van der Waals surface area contributed by atoms with Crippen molar-refractivity contribution in [3.8, 4) is 6.19 Å². The number of hydrogen-bond acceptors (Lipinski definition) is 3. The highest BCUT2D eigenvalue weighted by Crippen LogP contribution is 2.41. The largest absolute Gasteiger partial charge is 0.349 e. The Balaban J connectivity index is 2.15. The second-order valence-corrected chi connectivity index (χ2v) is 4.41. The average Bonchev–Trinajstić information content (AvgIpc) is 2.58. The van der Waals surface area contributed by atoms with Crippen LogP contribution < -0.4 is 5.32 Å². The van der Waals surface area contributed by atoms with Crippen molar-refractivity contribution in [3.63, 3.8) is 0 Å². The van der Waals surface area contributed by atoms with Gasteiger partial charge in [-0.15, -0.1) is 0 Å². The summed E-state index contributed by atoms with van der Waals surface area (Å²) in [5, 5.41) is 11.9. The number of hydrogen-bond donors (Lipinski definition) is 1. The minimum atomic E-state index is -0.0957. The summed E-state index contributed by atoms with van der Waals surface area (Å²) in [6, 6.07) is 0. The van der Waals surface area contributed by atoms with E-state index in [1.807, 2.05) is 0 Å². The fourth-order valence-corrected chi connectivity index (χ4v) is 2.92. The number of amides is 1. The molecule has 76 valence electrons. The van der Waals surface area contributed by atoms with Gasteiger partial charge in [-0.2, -0.15) is 5.26 Å². The molecule has 1 saturated carbocycles. The van der Waals surface area contributed by atoms with Crippen molar-refractivity contribution in [2.45, 2.75) is 31.7 Å². The molecule has 4 heteroatoms. The van der Waals surface area contributed by atoms with Gasteiger partial charge in [0.1, 0.15) is 0 Å². The third-order valence-electron chi connectivity index (χ3n) is 3.44. The van der Waals surface area contributed by atoms with Gasteiger partial charge in [-0.25, -0.2) is 0 Å². The predicted molar refractivity (Wildman–Crippen MR) is 51.1 cm³/mol. The lowest BCUT2D eigenvalue weighted by molar-refractivity contribution is -0.121. The molecule has 2 fully saturated rings. The summed E-state index contributed by atoms with van der Waals surface area (Å²) in [6.07, 6.45) is 5.50. The van der Waals surface area contributed by atoms with Crippen LogP contribution in [0.2, 0.25) is 0 Å². The molecule has 2 rings (SSSR count). The van der Waals surface area contributed by atoms with Crippen LogP contribution in [0.15, 0.2) is 0 Å². The van der Waals surface area contributed by atoms with E-state index in [4.69, 9.17) is 5.26 Å². The summed E-state index contributed by atoms with van der Waals surface area (Å²) in [6.45, 7) is 3.07. The van der Waals surface area contributed by atoms with Gasteiger partial charge in [-0.05, 0) is 12.8 Å². The first-order valence-corrected chi connectivity index (χ1v) is 5.10. The van der Waals surface area contributed by atoms with Crippen LogP contribution in [0.3, 0.4) is 0 Å². The van der Waals surface area contributed by atoms with E-state index in [1.54, 1.807) is 11.8 Å². The number of fused-ring (bicyclic) bond motifs is 1. The highest BCUT2D eigenvalue weighted by molar-refractivity contribution is 5.74. The molecule has 1 heterocycles. The van der Waals surface area contributed by atoms with Crippen molar-refractivity contribution in [2.24, 2.45) is 5.92 Å². The molecule has 0 radical (unpaired) electrons. The van der Waals surface area contributed by atoms with Gasteiger partial charge < -0.3 is 10.2 Å². The summed E-state index contributed by atoms with van der Waals surface area (Å²) < 4.78 is 0. The Bertz CT molecular complexity index is 296. The molecular weight excluding hydrogens is 178 g/mol. The van der Waals surface area contributed by atoms with Gasteiger partial charge in [-0.3, -0.25) is 4.79 Å². The van der Waals surface area contributed by atoms with Crippen LogP contribution in [-0.2, 0) is 4.79 Å². The lowest BCUT2D eigenvalue weighted by Crippen LogP contribution is -2.51. The van der Waals surface area contributed by atoms with Crippen molar-refractivity contribution < 1.29 is 4.79 Å². The third-order valence-corrected chi connectivity index (χ3v) is 3.44. The maximum Gasteiger partial charge on any atom is 0.217 e. The summed E-state index contributed by atoms with van der Waals surface area (Å²) >= 11 is 0. The number of nitrogens with zero attached hydrogens (tertiary/aromatic N) is 2. The second kappa shape index (κ2) is 3.16. The third kappa shape index (κ3) is 1.33. The van der Waals surface area contributed by atoms with Crippen LogP contribution in [0.4, 0.5) is 0 Å². The molecule has 1 amide bonds. The maximum atomic E-state index is 11.1. The van der Waals surface area contributed by atoms with Crippen molar-refractivity contribution in [2.75, 3.05) is 13.1 Å². The molecule has 1 N–H and O–H groups in total. The number of nitriles is 1. The summed E-state index contributed by atoms with van der Waals surface area (Å²) in [4.78, 5) is 12.9. The van der Waals surface area contributed by atoms with Crippen molar-refractivity contribution >= 4 is 5.91 Å². The minimum Gasteiger partial charge on any atom is -0.349 e. The molecule has 0 aromatic rings. The highest BCUT2D eigenvalue weighted by Gasteiger charge is 2.49. The fourth-order valence-electron chi connectivity index (χ4n) is 2.92.